The first-order valence-electron chi connectivity index (χ1n) is 8.13. The summed E-state index contributed by atoms with van der Waals surface area (Å²) in [5.74, 6) is 6.38. The number of rotatable bonds is 3. The quantitative estimate of drug-likeness (QED) is 0.748. The third-order valence-corrected chi connectivity index (χ3v) is 6.63. The van der Waals surface area contributed by atoms with E-state index in [-0.39, 0.29) is 11.7 Å². The second-order valence-corrected chi connectivity index (χ2v) is 7.93. The van der Waals surface area contributed by atoms with Crippen molar-refractivity contribution >= 4 is 39.9 Å². The lowest BCUT2D eigenvalue weighted by Crippen LogP contribution is -2.48. The standard InChI is InChI=1S/C17H19N5O3S2/c1-9-12(6-5-7-25-4)27-17-13(9)26-8-11(16(24)22(17)3)19-15(23)14-18-10(2)20-21-14/h11H,7-8H2,1-4H3,(H,19,23)(H,18,20,21)/t11-/m0/s1. The van der Waals surface area contributed by atoms with Crippen molar-refractivity contribution in [1.29, 1.82) is 0 Å². The Bertz CT molecular complexity index is 940. The third kappa shape index (κ3) is 4.00. The Morgan fingerprint density at radius 3 is 2.93 bits per heavy atom. The summed E-state index contributed by atoms with van der Waals surface area (Å²) in [4.78, 5) is 32.7. The van der Waals surface area contributed by atoms with E-state index in [1.54, 1.807) is 26.0 Å². The number of hydrogen-bond acceptors (Lipinski definition) is 7. The molecule has 10 heteroatoms. The van der Waals surface area contributed by atoms with Gasteiger partial charge in [-0.2, -0.15) is 0 Å². The van der Waals surface area contributed by atoms with Crippen molar-refractivity contribution in [2.45, 2.75) is 24.8 Å². The minimum atomic E-state index is -0.659. The molecule has 1 aliphatic rings. The Balaban J connectivity index is 1.80. The Morgan fingerprint density at radius 1 is 1.48 bits per heavy atom. The summed E-state index contributed by atoms with van der Waals surface area (Å²) in [6.07, 6.45) is 0. The molecule has 0 bridgehead atoms. The van der Waals surface area contributed by atoms with Gasteiger partial charge in [0.25, 0.3) is 11.8 Å². The van der Waals surface area contributed by atoms with Gasteiger partial charge in [-0.1, -0.05) is 11.8 Å². The molecule has 142 valence electrons. The molecule has 0 saturated carbocycles. The fourth-order valence-electron chi connectivity index (χ4n) is 2.52. The highest BCUT2D eigenvalue weighted by atomic mass is 32.2. The molecule has 8 nitrogen and oxygen atoms in total. The summed E-state index contributed by atoms with van der Waals surface area (Å²) in [7, 11) is 3.31. The molecule has 2 amide bonds. The second-order valence-electron chi connectivity index (χ2n) is 5.90. The van der Waals surface area contributed by atoms with E-state index < -0.39 is 11.9 Å². The summed E-state index contributed by atoms with van der Waals surface area (Å²) in [6.45, 7) is 4.06. The van der Waals surface area contributed by atoms with E-state index in [2.05, 4.69) is 32.3 Å². The van der Waals surface area contributed by atoms with Crippen molar-refractivity contribution in [2.24, 2.45) is 0 Å². The lowest BCUT2D eigenvalue weighted by Gasteiger charge is -2.19. The predicted molar refractivity (Wildman–Crippen MR) is 104 cm³/mol. The van der Waals surface area contributed by atoms with Gasteiger partial charge in [0.2, 0.25) is 5.82 Å². The molecule has 0 saturated heterocycles. The second kappa shape index (κ2) is 8.12. The van der Waals surface area contributed by atoms with Gasteiger partial charge in [0.1, 0.15) is 23.5 Å². The number of methoxy groups -OCH3 is 1. The van der Waals surface area contributed by atoms with Gasteiger partial charge in [-0.25, -0.2) is 4.98 Å². The van der Waals surface area contributed by atoms with E-state index >= 15 is 0 Å². The van der Waals surface area contributed by atoms with Crippen LogP contribution < -0.4 is 10.2 Å². The van der Waals surface area contributed by atoms with Gasteiger partial charge in [-0.15, -0.1) is 28.2 Å². The smallest absolute Gasteiger partial charge is 0.291 e. The lowest BCUT2D eigenvalue weighted by molar-refractivity contribution is -0.119. The van der Waals surface area contributed by atoms with Crippen molar-refractivity contribution in [1.82, 2.24) is 20.5 Å². The fourth-order valence-corrected chi connectivity index (χ4v) is 5.07. The molecule has 2 N–H and O–H groups in total. The number of likely N-dealkylation sites (N-methyl/N-ethyl adjacent to an activating group) is 1. The van der Waals surface area contributed by atoms with Crippen molar-refractivity contribution in [3.63, 3.8) is 0 Å². The number of ether oxygens (including phenoxy) is 1. The number of hydrogen-bond donors (Lipinski definition) is 2. The molecule has 2 aromatic rings. The van der Waals surface area contributed by atoms with E-state index in [1.165, 1.54) is 23.1 Å². The summed E-state index contributed by atoms with van der Waals surface area (Å²) in [5, 5.41) is 10.0. The van der Waals surface area contributed by atoms with Gasteiger partial charge in [-0.3, -0.25) is 14.7 Å². The largest absolute Gasteiger partial charge is 0.372 e. The highest BCUT2D eigenvalue weighted by Crippen LogP contribution is 2.43. The molecule has 3 rings (SSSR count). The molecule has 1 aliphatic heterocycles. The van der Waals surface area contributed by atoms with Gasteiger partial charge in [0.15, 0.2) is 0 Å². The van der Waals surface area contributed by atoms with Crippen molar-refractivity contribution in [3.8, 4) is 11.8 Å². The number of amides is 2. The van der Waals surface area contributed by atoms with Gasteiger partial charge < -0.3 is 15.0 Å². The van der Waals surface area contributed by atoms with Crippen LogP contribution >= 0.6 is 23.1 Å². The minimum Gasteiger partial charge on any atom is -0.372 e. The molecule has 0 radical (unpaired) electrons. The van der Waals surface area contributed by atoms with Gasteiger partial charge >= 0.3 is 0 Å². The van der Waals surface area contributed by atoms with Gasteiger partial charge in [0.05, 0.1) is 4.88 Å². The molecule has 1 atom stereocenters. The Hall–Kier alpha value is -2.35. The van der Waals surface area contributed by atoms with Crippen LogP contribution in [-0.4, -0.2) is 59.6 Å². The molecule has 2 aromatic heterocycles. The number of carbonyl (C=O) groups is 2. The number of thiophene rings is 1. The molecular formula is C17H19N5O3S2. The SMILES string of the molecule is COCC#Cc1sc2c(c1C)SC[C@H](NC(=O)c1n[nH]c(C)n1)C(=O)N2C. The van der Waals surface area contributed by atoms with Crippen LogP contribution in [-0.2, 0) is 9.53 Å². The van der Waals surface area contributed by atoms with Crippen molar-refractivity contribution < 1.29 is 14.3 Å². The average Bonchev–Trinajstić information content (AvgIpc) is 3.19. The van der Waals surface area contributed by atoms with Crippen molar-refractivity contribution in [2.75, 3.05) is 31.4 Å². The number of nitrogens with one attached hydrogen (secondary N) is 2. The van der Waals surface area contributed by atoms with Crippen LogP contribution in [0.4, 0.5) is 5.00 Å². The molecule has 0 aromatic carbocycles. The first-order chi connectivity index (χ1) is 12.9. The van der Waals surface area contributed by atoms with Crippen LogP contribution in [0.25, 0.3) is 0 Å². The first-order valence-corrected chi connectivity index (χ1v) is 9.94. The molecule has 27 heavy (non-hydrogen) atoms. The number of H-pyrrole nitrogens is 1. The van der Waals surface area contributed by atoms with E-state index in [0.29, 0.717) is 18.2 Å². The summed E-state index contributed by atoms with van der Waals surface area (Å²) in [6, 6.07) is -0.659. The highest BCUT2D eigenvalue weighted by molar-refractivity contribution is 7.99. The third-order valence-electron chi connectivity index (χ3n) is 3.93. The van der Waals surface area contributed by atoms with Crippen LogP contribution in [0, 0.1) is 25.7 Å². The molecule has 0 spiro atoms. The number of thioether (sulfide) groups is 1. The maximum atomic E-state index is 12.9. The Labute approximate surface area is 165 Å². The molecular weight excluding hydrogens is 386 g/mol. The number of fused-ring (bicyclic) bond motifs is 1. The zero-order valence-corrected chi connectivity index (χ0v) is 17.0. The Morgan fingerprint density at radius 2 is 2.26 bits per heavy atom. The number of nitrogens with zero attached hydrogens (tertiary/aromatic N) is 3. The summed E-state index contributed by atoms with van der Waals surface area (Å²) >= 11 is 3.01. The van der Waals surface area contributed by atoms with Crippen LogP contribution in [0.2, 0.25) is 0 Å². The number of aromatic amines is 1. The normalized spacial score (nSPS) is 16.4. The number of carbonyl (C=O) groups excluding carboxylic acids is 2. The lowest BCUT2D eigenvalue weighted by atomic mass is 10.2. The number of aryl methyl sites for hydroxylation is 1. The Kier molecular flexibility index (Phi) is 5.84. The highest BCUT2D eigenvalue weighted by Gasteiger charge is 2.33. The van der Waals surface area contributed by atoms with Crippen molar-refractivity contribution in [3.05, 3.63) is 22.1 Å². The zero-order chi connectivity index (χ0) is 19.6. The van der Waals surface area contributed by atoms with E-state index in [4.69, 9.17) is 4.74 Å². The molecule has 0 aliphatic carbocycles. The molecule has 0 unspecified atom stereocenters. The monoisotopic (exact) mass is 405 g/mol. The van der Waals surface area contributed by atoms with Gasteiger partial charge in [-0.05, 0) is 19.4 Å². The predicted octanol–water partition coefficient (Wildman–Crippen LogP) is 1.35. The first kappa shape index (κ1) is 19.4. The maximum absolute atomic E-state index is 12.9. The van der Waals surface area contributed by atoms with Gasteiger partial charge in [0, 0.05) is 24.8 Å². The molecule has 0 fully saturated rings. The zero-order valence-electron chi connectivity index (χ0n) is 15.4. The molecule has 3 heterocycles. The summed E-state index contributed by atoms with van der Waals surface area (Å²) < 4.78 is 4.96. The van der Waals surface area contributed by atoms with Crippen LogP contribution in [0.15, 0.2) is 4.90 Å². The maximum Gasteiger partial charge on any atom is 0.291 e. The van der Waals surface area contributed by atoms with E-state index in [0.717, 1.165) is 20.3 Å². The van der Waals surface area contributed by atoms with E-state index in [9.17, 15) is 9.59 Å². The fraction of sp³-hybridized carbons (Fsp3) is 0.412. The van der Waals surface area contributed by atoms with Crippen LogP contribution in [0.3, 0.4) is 0 Å². The average molecular weight is 406 g/mol. The topological polar surface area (TPSA) is 100 Å². The number of aromatic nitrogens is 3. The minimum absolute atomic E-state index is 0.0267. The van der Waals surface area contributed by atoms with Crippen LogP contribution in [0.5, 0.6) is 0 Å². The summed E-state index contributed by atoms with van der Waals surface area (Å²) in [5.41, 5.74) is 1.04. The van der Waals surface area contributed by atoms with Crippen LogP contribution in [0.1, 0.15) is 26.9 Å². The number of anilines is 1. The van der Waals surface area contributed by atoms with E-state index in [1.807, 2.05) is 6.92 Å².